The highest BCUT2D eigenvalue weighted by atomic mass is 15.1. The summed E-state index contributed by atoms with van der Waals surface area (Å²) in [5, 5.41) is 8.72. The zero-order valence-electron chi connectivity index (χ0n) is 8.75. The summed E-state index contributed by atoms with van der Waals surface area (Å²) in [6.07, 6.45) is 4.96. The van der Waals surface area contributed by atoms with Gasteiger partial charge in [-0.3, -0.25) is 0 Å². The third-order valence-corrected chi connectivity index (χ3v) is 3.26. The summed E-state index contributed by atoms with van der Waals surface area (Å²) < 4.78 is 2.18. The second-order valence-corrected chi connectivity index (χ2v) is 4.38. The molecule has 0 N–H and O–H groups in total. The molecule has 1 fully saturated rings. The van der Waals surface area contributed by atoms with Crippen molar-refractivity contribution in [2.45, 2.75) is 39.7 Å². The molecule has 1 aromatic heterocycles. The van der Waals surface area contributed by atoms with Gasteiger partial charge in [0.15, 0.2) is 0 Å². The zero-order chi connectivity index (χ0) is 10.2. The highest BCUT2D eigenvalue weighted by Crippen LogP contribution is 2.50. The second-order valence-electron chi connectivity index (χ2n) is 4.38. The smallest absolute Gasteiger partial charge is 0.0951 e. The molecule has 0 unspecified atom stereocenters. The minimum atomic E-state index is 0.270. The van der Waals surface area contributed by atoms with Crippen LogP contribution in [0.1, 0.15) is 30.7 Å². The summed E-state index contributed by atoms with van der Waals surface area (Å²) in [5.41, 5.74) is 2.60. The Kier molecular flexibility index (Phi) is 2.07. The minimum absolute atomic E-state index is 0.270. The van der Waals surface area contributed by atoms with Crippen molar-refractivity contribution in [3.63, 3.8) is 0 Å². The van der Waals surface area contributed by atoms with Gasteiger partial charge in [0.2, 0.25) is 0 Å². The van der Waals surface area contributed by atoms with Crippen LogP contribution < -0.4 is 0 Å². The van der Waals surface area contributed by atoms with Crippen LogP contribution in [0.15, 0.2) is 6.33 Å². The zero-order valence-corrected chi connectivity index (χ0v) is 8.75. The van der Waals surface area contributed by atoms with E-state index in [4.69, 9.17) is 5.26 Å². The predicted molar refractivity (Wildman–Crippen MR) is 53.6 cm³/mol. The predicted octanol–water partition coefficient (Wildman–Crippen LogP) is 2.19. The van der Waals surface area contributed by atoms with Crippen LogP contribution in [-0.4, -0.2) is 9.55 Å². The first-order chi connectivity index (χ1) is 6.67. The molecule has 1 aliphatic carbocycles. The van der Waals surface area contributed by atoms with Crippen molar-refractivity contribution in [2.24, 2.45) is 5.41 Å². The first-order valence-electron chi connectivity index (χ1n) is 5.02. The van der Waals surface area contributed by atoms with Gasteiger partial charge in [-0.15, -0.1) is 0 Å². The standard InChI is InChI=1S/C11H15N3/c1-9-10(2)14(8-13-9)7-11(3-4-11)5-6-12/h8H,3-5,7H2,1-2H3. The molecule has 0 aliphatic heterocycles. The van der Waals surface area contributed by atoms with E-state index >= 15 is 0 Å². The van der Waals surface area contributed by atoms with E-state index < -0.39 is 0 Å². The number of nitrogens with zero attached hydrogens (tertiary/aromatic N) is 3. The van der Waals surface area contributed by atoms with E-state index in [1.54, 1.807) is 0 Å². The summed E-state index contributed by atoms with van der Waals surface area (Å²) in [6.45, 7) is 5.08. The van der Waals surface area contributed by atoms with Crippen molar-refractivity contribution in [2.75, 3.05) is 0 Å². The monoisotopic (exact) mass is 189 g/mol. The van der Waals surface area contributed by atoms with E-state index in [1.807, 2.05) is 13.3 Å². The van der Waals surface area contributed by atoms with Crippen molar-refractivity contribution < 1.29 is 0 Å². The van der Waals surface area contributed by atoms with Crippen LogP contribution in [-0.2, 0) is 6.54 Å². The molecular formula is C11H15N3. The van der Waals surface area contributed by atoms with Crippen molar-refractivity contribution in [3.05, 3.63) is 17.7 Å². The number of imidazole rings is 1. The van der Waals surface area contributed by atoms with E-state index in [2.05, 4.69) is 22.5 Å². The van der Waals surface area contributed by atoms with E-state index in [-0.39, 0.29) is 5.41 Å². The lowest BCUT2D eigenvalue weighted by Gasteiger charge is -2.13. The van der Waals surface area contributed by atoms with Gasteiger partial charge in [0.05, 0.1) is 18.1 Å². The number of nitriles is 1. The Morgan fingerprint density at radius 2 is 2.29 bits per heavy atom. The van der Waals surface area contributed by atoms with Crippen molar-refractivity contribution in [1.82, 2.24) is 9.55 Å². The topological polar surface area (TPSA) is 41.6 Å². The Morgan fingerprint density at radius 3 is 2.71 bits per heavy atom. The molecule has 1 heterocycles. The molecule has 0 spiro atoms. The van der Waals surface area contributed by atoms with Crippen LogP contribution in [0.3, 0.4) is 0 Å². The third kappa shape index (κ3) is 1.52. The quantitative estimate of drug-likeness (QED) is 0.731. The first-order valence-corrected chi connectivity index (χ1v) is 5.02. The lowest BCUT2D eigenvalue weighted by Crippen LogP contribution is -2.11. The van der Waals surface area contributed by atoms with Gasteiger partial charge in [0, 0.05) is 24.1 Å². The van der Waals surface area contributed by atoms with Gasteiger partial charge >= 0.3 is 0 Å². The van der Waals surface area contributed by atoms with Crippen LogP contribution in [0.25, 0.3) is 0 Å². The Morgan fingerprint density at radius 1 is 1.57 bits per heavy atom. The lowest BCUT2D eigenvalue weighted by molar-refractivity contribution is 0.426. The lowest BCUT2D eigenvalue weighted by atomic mass is 10.0. The second kappa shape index (κ2) is 3.13. The van der Waals surface area contributed by atoms with Crippen LogP contribution in [0.4, 0.5) is 0 Å². The molecule has 3 nitrogen and oxygen atoms in total. The SMILES string of the molecule is Cc1ncn(CC2(CC#N)CC2)c1C. The summed E-state index contributed by atoms with van der Waals surface area (Å²) in [4.78, 5) is 4.27. The molecule has 0 amide bonds. The van der Waals surface area contributed by atoms with Gasteiger partial charge in [-0.25, -0.2) is 4.98 Å². The van der Waals surface area contributed by atoms with Gasteiger partial charge < -0.3 is 4.57 Å². The number of hydrogen-bond donors (Lipinski definition) is 0. The molecule has 74 valence electrons. The Labute approximate surface area is 84.4 Å². The van der Waals surface area contributed by atoms with Crippen molar-refractivity contribution >= 4 is 0 Å². The average molecular weight is 189 g/mol. The Hall–Kier alpha value is -1.30. The normalized spacial score (nSPS) is 17.8. The largest absolute Gasteiger partial charge is 0.334 e. The molecule has 0 radical (unpaired) electrons. The Bertz CT molecular complexity index is 380. The fourth-order valence-corrected chi connectivity index (χ4v) is 1.80. The van der Waals surface area contributed by atoms with Crippen molar-refractivity contribution in [1.29, 1.82) is 5.26 Å². The van der Waals surface area contributed by atoms with Gasteiger partial charge in [-0.1, -0.05) is 0 Å². The molecule has 3 heteroatoms. The number of rotatable bonds is 3. The number of aromatic nitrogens is 2. The molecule has 1 aliphatic rings. The molecule has 0 bridgehead atoms. The minimum Gasteiger partial charge on any atom is -0.334 e. The fraction of sp³-hybridized carbons (Fsp3) is 0.636. The maximum absolute atomic E-state index is 8.72. The van der Waals surface area contributed by atoms with E-state index in [0.29, 0.717) is 6.42 Å². The first kappa shape index (κ1) is 9.26. The van der Waals surface area contributed by atoms with Crippen LogP contribution >= 0.6 is 0 Å². The van der Waals surface area contributed by atoms with Gasteiger partial charge in [0.25, 0.3) is 0 Å². The number of aryl methyl sites for hydroxylation is 1. The number of hydrogen-bond acceptors (Lipinski definition) is 2. The molecule has 0 atom stereocenters. The van der Waals surface area contributed by atoms with Gasteiger partial charge in [0.1, 0.15) is 0 Å². The van der Waals surface area contributed by atoms with E-state index in [9.17, 15) is 0 Å². The maximum Gasteiger partial charge on any atom is 0.0951 e. The molecule has 0 aromatic carbocycles. The van der Waals surface area contributed by atoms with Crippen LogP contribution in [0.5, 0.6) is 0 Å². The highest BCUT2D eigenvalue weighted by molar-refractivity contribution is 5.10. The molecule has 14 heavy (non-hydrogen) atoms. The molecule has 1 saturated carbocycles. The van der Waals surface area contributed by atoms with E-state index in [1.165, 1.54) is 18.5 Å². The fourth-order valence-electron chi connectivity index (χ4n) is 1.80. The molecule has 2 rings (SSSR count). The van der Waals surface area contributed by atoms with Gasteiger partial charge in [-0.05, 0) is 26.7 Å². The molecule has 1 aromatic rings. The van der Waals surface area contributed by atoms with Gasteiger partial charge in [-0.2, -0.15) is 5.26 Å². The highest BCUT2D eigenvalue weighted by Gasteiger charge is 2.42. The molecular weight excluding hydrogens is 174 g/mol. The van der Waals surface area contributed by atoms with E-state index in [0.717, 1.165) is 12.2 Å². The van der Waals surface area contributed by atoms with Crippen LogP contribution in [0, 0.1) is 30.6 Å². The summed E-state index contributed by atoms with van der Waals surface area (Å²) in [7, 11) is 0. The Balaban J connectivity index is 2.12. The maximum atomic E-state index is 8.72. The third-order valence-electron chi connectivity index (χ3n) is 3.26. The summed E-state index contributed by atoms with van der Waals surface area (Å²) >= 11 is 0. The van der Waals surface area contributed by atoms with Crippen molar-refractivity contribution in [3.8, 4) is 6.07 Å². The average Bonchev–Trinajstić information content (AvgIpc) is 2.85. The van der Waals surface area contributed by atoms with Crippen LogP contribution in [0.2, 0.25) is 0 Å². The molecule has 0 saturated heterocycles. The summed E-state index contributed by atoms with van der Waals surface area (Å²) in [5.74, 6) is 0. The summed E-state index contributed by atoms with van der Waals surface area (Å²) in [6, 6.07) is 2.28.